The molecule has 0 saturated carbocycles. The quantitative estimate of drug-likeness (QED) is 0.414. The minimum atomic E-state index is -0.745. The molecule has 1 N–H and O–H groups in total. The van der Waals surface area contributed by atoms with Gasteiger partial charge < -0.3 is 14.6 Å². The zero-order chi connectivity index (χ0) is 15.1. The number of hydrogen-bond donors (Lipinski definition) is 1. The lowest BCUT2D eigenvalue weighted by atomic mass is 10.5. The van der Waals surface area contributed by atoms with Gasteiger partial charge in [0, 0.05) is 17.9 Å². The maximum absolute atomic E-state index is 9.37. The molecule has 0 atom stereocenters. The monoisotopic (exact) mass is 380 g/mol. The largest absolute Gasteiger partial charge is 0.481 e. The van der Waals surface area contributed by atoms with Gasteiger partial charge in [-0.15, -0.1) is 0 Å². The lowest BCUT2D eigenvalue weighted by Crippen LogP contribution is -1.89. The van der Waals surface area contributed by atoms with Crippen molar-refractivity contribution in [3.8, 4) is 0 Å². The second-order valence-corrected chi connectivity index (χ2v) is 8.50. The molecule has 0 rings (SSSR count). The van der Waals surface area contributed by atoms with Crippen molar-refractivity contribution in [1.82, 2.24) is 0 Å². The smallest absolute Gasteiger partial charge is 0.303 e. The van der Waals surface area contributed by atoms with Crippen LogP contribution in [0.2, 0.25) is 0 Å². The van der Waals surface area contributed by atoms with Crippen molar-refractivity contribution in [3.63, 3.8) is 0 Å². The molecule has 0 aliphatic heterocycles. The van der Waals surface area contributed by atoms with Gasteiger partial charge in [0.1, 0.15) is 0 Å². The molecular formula is C9H16O4S6. The van der Waals surface area contributed by atoms with Crippen LogP contribution in [0.15, 0.2) is 0 Å². The summed E-state index contributed by atoms with van der Waals surface area (Å²) in [6, 6.07) is 0. The Morgan fingerprint density at radius 2 is 1.37 bits per heavy atom. The summed E-state index contributed by atoms with van der Waals surface area (Å²) >= 11 is 9.72. The van der Waals surface area contributed by atoms with Gasteiger partial charge in [0.15, 0.2) is 0 Å². The number of ether oxygens (including phenoxy) is 2. The fraction of sp³-hybridized carbons (Fsp3) is 0.667. The normalized spacial score (nSPS) is 9.00. The van der Waals surface area contributed by atoms with Crippen LogP contribution in [0.5, 0.6) is 0 Å². The number of carboxylic acid groups (broad SMARTS) is 1. The van der Waals surface area contributed by atoms with E-state index in [0.29, 0.717) is 8.77 Å². The van der Waals surface area contributed by atoms with Crippen LogP contribution in [-0.4, -0.2) is 45.6 Å². The molecule has 4 nitrogen and oxygen atoms in total. The van der Waals surface area contributed by atoms with Gasteiger partial charge in [0.2, 0.25) is 8.77 Å². The van der Waals surface area contributed by atoms with Gasteiger partial charge in [0.05, 0.1) is 14.2 Å². The van der Waals surface area contributed by atoms with E-state index < -0.39 is 5.97 Å². The number of aliphatic carboxylic acids is 1. The van der Waals surface area contributed by atoms with Crippen molar-refractivity contribution in [3.05, 3.63) is 0 Å². The molecule has 0 aromatic carbocycles. The highest BCUT2D eigenvalue weighted by atomic mass is 33.1. The molecule has 19 heavy (non-hydrogen) atoms. The highest BCUT2D eigenvalue weighted by molar-refractivity contribution is 8.85. The van der Waals surface area contributed by atoms with Crippen LogP contribution in [0.25, 0.3) is 0 Å². The lowest BCUT2D eigenvalue weighted by Gasteiger charge is -2.01. The van der Waals surface area contributed by atoms with Gasteiger partial charge in [0.25, 0.3) is 0 Å². The molecule has 0 fully saturated rings. The molecule has 0 unspecified atom stereocenters. The summed E-state index contributed by atoms with van der Waals surface area (Å²) in [5.41, 5.74) is 0. The first kappa shape index (κ1) is 21.9. The summed E-state index contributed by atoms with van der Waals surface area (Å²) in [6.07, 6.45) is 0.222. The third-order valence-electron chi connectivity index (χ3n) is 1.14. The number of methoxy groups -OCH3 is 2. The first-order valence-electron chi connectivity index (χ1n) is 4.94. The Morgan fingerprint density at radius 1 is 1.05 bits per heavy atom. The summed E-state index contributed by atoms with van der Waals surface area (Å²) in [4.78, 5) is 9.37. The van der Waals surface area contributed by atoms with Crippen LogP contribution < -0.4 is 0 Å². The Kier molecular flexibility index (Phi) is 19.3. The maximum Gasteiger partial charge on any atom is 0.303 e. The number of rotatable bonds is 6. The van der Waals surface area contributed by atoms with E-state index in [-0.39, 0.29) is 6.42 Å². The van der Waals surface area contributed by atoms with E-state index in [9.17, 15) is 4.79 Å². The van der Waals surface area contributed by atoms with Crippen LogP contribution in [-0.2, 0) is 14.3 Å². The van der Waals surface area contributed by atoms with Crippen molar-refractivity contribution in [2.24, 2.45) is 0 Å². The molecule has 0 heterocycles. The van der Waals surface area contributed by atoms with E-state index in [1.165, 1.54) is 21.6 Å². The van der Waals surface area contributed by atoms with Gasteiger partial charge in [-0.2, -0.15) is 0 Å². The molecule has 0 aliphatic carbocycles. The minimum absolute atomic E-state index is 0.222. The predicted molar refractivity (Wildman–Crippen MR) is 97.2 cm³/mol. The number of carbonyl (C=O) groups is 1. The topological polar surface area (TPSA) is 55.8 Å². The molecule has 0 aliphatic rings. The molecule has 0 aromatic heterocycles. The van der Waals surface area contributed by atoms with E-state index in [2.05, 4.69) is 0 Å². The molecular weight excluding hydrogens is 364 g/mol. The second kappa shape index (κ2) is 16.7. The van der Waals surface area contributed by atoms with Gasteiger partial charge in [-0.3, -0.25) is 4.79 Å². The molecule has 0 spiro atoms. The van der Waals surface area contributed by atoms with E-state index in [1.807, 2.05) is 0 Å². The third kappa shape index (κ3) is 21.1. The molecule has 0 radical (unpaired) electrons. The number of hydrogen-bond acceptors (Lipinski definition) is 9. The summed E-state index contributed by atoms with van der Waals surface area (Å²) < 4.78 is 10.8. The molecule has 112 valence electrons. The highest BCUT2D eigenvalue weighted by Crippen LogP contribution is 2.28. The first-order chi connectivity index (χ1) is 8.97. The molecule has 0 bridgehead atoms. The zero-order valence-electron chi connectivity index (χ0n) is 10.7. The molecule has 0 amide bonds. The van der Waals surface area contributed by atoms with Gasteiger partial charge in [-0.25, -0.2) is 0 Å². The third-order valence-corrected chi connectivity index (χ3v) is 7.06. The average molecular weight is 381 g/mol. The number of carboxylic acids is 1. The standard InChI is InChI=1S/C6H10O2S6.C3H6O2/c1-7-5(9)13-11-3-4-12-14-6(10)8-2;1-2-3(4)5/h3-4H2,1-2H3;2H2,1H3,(H,4,5). The molecule has 0 aromatic rings. The van der Waals surface area contributed by atoms with Gasteiger partial charge in [-0.05, 0) is 46.0 Å². The SMILES string of the molecule is CCC(=O)O.COC(=S)SSCCSSC(=S)OC. The predicted octanol–water partition coefficient (Wildman–Crippen LogP) is 4.09. The van der Waals surface area contributed by atoms with E-state index >= 15 is 0 Å². The Balaban J connectivity index is 0. The average Bonchev–Trinajstić information content (AvgIpc) is 2.42. The highest BCUT2D eigenvalue weighted by Gasteiger charge is 1.99. The van der Waals surface area contributed by atoms with Gasteiger partial charge in [-0.1, -0.05) is 28.5 Å². The van der Waals surface area contributed by atoms with Crippen molar-refractivity contribution in [2.45, 2.75) is 13.3 Å². The van der Waals surface area contributed by atoms with Crippen LogP contribution in [0.3, 0.4) is 0 Å². The van der Waals surface area contributed by atoms with Crippen LogP contribution in [0, 0.1) is 0 Å². The van der Waals surface area contributed by atoms with Crippen molar-refractivity contribution in [1.29, 1.82) is 0 Å². The summed E-state index contributed by atoms with van der Waals surface area (Å²) in [5, 5.41) is 7.72. The fourth-order valence-electron chi connectivity index (χ4n) is 0.316. The van der Waals surface area contributed by atoms with E-state index in [0.717, 1.165) is 11.5 Å². The summed E-state index contributed by atoms with van der Waals surface area (Å²) in [5.74, 6) is 1.25. The first-order valence-corrected chi connectivity index (χ1v) is 10.4. The maximum atomic E-state index is 9.37. The van der Waals surface area contributed by atoms with Crippen molar-refractivity contribution >= 4 is 82.3 Å². The number of thiocarbonyl (C=S) groups is 2. The Labute approximate surface area is 140 Å². The summed E-state index contributed by atoms with van der Waals surface area (Å²) in [6.45, 7) is 1.60. The van der Waals surface area contributed by atoms with Crippen LogP contribution in [0.4, 0.5) is 0 Å². The summed E-state index contributed by atoms with van der Waals surface area (Å²) in [7, 11) is 9.48. The second-order valence-electron chi connectivity index (χ2n) is 2.47. The van der Waals surface area contributed by atoms with Crippen LogP contribution in [0.1, 0.15) is 13.3 Å². The fourth-order valence-corrected chi connectivity index (χ4v) is 4.93. The Hall–Kier alpha value is 0.650. The molecule has 0 saturated heterocycles. The Bertz CT molecular complexity index is 253. The van der Waals surface area contributed by atoms with Crippen LogP contribution >= 0.6 is 67.6 Å². The van der Waals surface area contributed by atoms with E-state index in [1.54, 1.807) is 42.7 Å². The van der Waals surface area contributed by atoms with Gasteiger partial charge >= 0.3 is 5.97 Å². The molecule has 10 heteroatoms. The zero-order valence-corrected chi connectivity index (χ0v) is 15.6. The lowest BCUT2D eigenvalue weighted by molar-refractivity contribution is -0.136. The van der Waals surface area contributed by atoms with Crippen molar-refractivity contribution in [2.75, 3.05) is 25.7 Å². The van der Waals surface area contributed by atoms with E-state index in [4.69, 9.17) is 39.0 Å². The Morgan fingerprint density at radius 3 is 1.58 bits per heavy atom. The minimum Gasteiger partial charge on any atom is -0.481 e. The van der Waals surface area contributed by atoms with Crippen molar-refractivity contribution < 1.29 is 19.4 Å².